The molecule has 0 bridgehead atoms. The van der Waals surface area contributed by atoms with E-state index in [1.54, 1.807) is 17.7 Å². The van der Waals surface area contributed by atoms with Gasteiger partial charge in [0.2, 0.25) is 5.82 Å². The average molecular weight is 582 g/mol. The minimum Gasteiger partial charge on any atom is -0.494 e. The van der Waals surface area contributed by atoms with Crippen LogP contribution in [0.4, 0.5) is 8.78 Å². The number of benzene rings is 3. The lowest BCUT2D eigenvalue weighted by atomic mass is 10.1. The first-order valence-electron chi connectivity index (χ1n) is 12.9. The standard InChI is InChI=1S/C31H29F2NO6S/c1-20(31(37)38)41-27-18-34(19-28(35)36)30-22(6-4-7-24(27)30)13-10-21-11-14-23(15-12-21)39-16-2-3-17-40-26-9-5-8-25(32)29(26)33/h4-15,18,20H,2-3,16-17,19H2,1H3,(H,35,36)(H,37,38). The van der Waals surface area contributed by atoms with E-state index in [0.717, 1.165) is 28.1 Å². The summed E-state index contributed by atoms with van der Waals surface area (Å²) < 4.78 is 39.5. The van der Waals surface area contributed by atoms with Crippen LogP contribution in [0.3, 0.4) is 0 Å². The lowest BCUT2D eigenvalue weighted by Crippen LogP contribution is -2.11. The topological polar surface area (TPSA) is 98.0 Å². The number of halogens is 2. The van der Waals surface area contributed by atoms with E-state index >= 15 is 0 Å². The molecule has 0 aliphatic carbocycles. The summed E-state index contributed by atoms with van der Waals surface area (Å²) in [7, 11) is 0. The van der Waals surface area contributed by atoms with Gasteiger partial charge in [-0.05, 0) is 55.2 Å². The highest BCUT2D eigenvalue weighted by atomic mass is 32.2. The van der Waals surface area contributed by atoms with Crippen LogP contribution in [0.15, 0.2) is 71.8 Å². The fourth-order valence-electron chi connectivity index (χ4n) is 4.13. The Hall–Kier alpha value is -4.31. The zero-order chi connectivity index (χ0) is 29.4. The van der Waals surface area contributed by atoms with E-state index in [9.17, 15) is 28.6 Å². The maximum Gasteiger partial charge on any atom is 0.323 e. The molecule has 10 heteroatoms. The zero-order valence-electron chi connectivity index (χ0n) is 22.3. The molecule has 41 heavy (non-hydrogen) atoms. The number of rotatable bonds is 14. The van der Waals surface area contributed by atoms with Crippen molar-refractivity contribution in [2.75, 3.05) is 13.2 Å². The lowest BCUT2D eigenvalue weighted by molar-refractivity contribution is -0.138. The second kappa shape index (κ2) is 13.8. The van der Waals surface area contributed by atoms with Crippen molar-refractivity contribution in [3.05, 3.63) is 89.6 Å². The number of fused-ring (bicyclic) bond motifs is 1. The number of carbonyl (C=O) groups is 2. The van der Waals surface area contributed by atoms with E-state index in [1.165, 1.54) is 23.9 Å². The molecule has 0 aliphatic rings. The maximum atomic E-state index is 13.6. The summed E-state index contributed by atoms with van der Waals surface area (Å²) in [5, 5.41) is 18.8. The van der Waals surface area contributed by atoms with Gasteiger partial charge >= 0.3 is 11.9 Å². The van der Waals surface area contributed by atoms with Crippen molar-refractivity contribution in [2.45, 2.75) is 36.5 Å². The molecule has 1 atom stereocenters. The first-order valence-corrected chi connectivity index (χ1v) is 13.8. The molecule has 2 N–H and O–H groups in total. The molecule has 0 saturated carbocycles. The summed E-state index contributed by atoms with van der Waals surface area (Å²) in [6.07, 6.45) is 6.78. The molecule has 0 amide bonds. The third kappa shape index (κ3) is 7.88. The number of aromatic nitrogens is 1. The quantitative estimate of drug-likeness (QED) is 0.0942. The van der Waals surface area contributed by atoms with Gasteiger partial charge in [-0.3, -0.25) is 9.59 Å². The van der Waals surface area contributed by atoms with Crippen LogP contribution in [-0.2, 0) is 16.1 Å². The van der Waals surface area contributed by atoms with Gasteiger partial charge < -0.3 is 24.3 Å². The monoisotopic (exact) mass is 581 g/mol. The van der Waals surface area contributed by atoms with Crippen molar-refractivity contribution in [3.8, 4) is 11.5 Å². The highest BCUT2D eigenvalue weighted by molar-refractivity contribution is 8.00. The van der Waals surface area contributed by atoms with Crippen molar-refractivity contribution in [1.29, 1.82) is 0 Å². The molecule has 3 aromatic carbocycles. The molecular weight excluding hydrogens is 552 g/mol. The Morgan fingerprint density at radius 1 is 0.951 bits per heavy atom. The molecule has 0 fully saturated rings. The van der Waals surface area contributed by atoms with Crippen LogP contribution in [0.5, 0.6) is 11.5 Å². The highest BCUT2D eigenvalue weighted by Crippen LogP contribution is 2.35. The molecule has 4 aromatic rings. The van der Waals surface area contributed by atoms with Gasteiger partial charge in [0.05, 0.1) is 18.7 Å². The van der Waals surface area contributed by atoms with Crippen molar-refractivity contribution < 1.29 is 38.1 Å². The first kappa shape index (κ1) is 29.7. The lowest BCUT2D eigenvalue weighted by Gasteiger charge is -2.09. The van der Waals surface area contributed by atoms with E-state index in [0.29, 0.717) is 30.1 Å². The van der Waals surface area contributed by atoms with E-state index in [-0.39, 0.29) is 18.9 Å². The van der Waals surface area contributed by atoms with Crippen LogP contribution in [-0.4, -0.2) is 45.2 Å². The largest absolute Gasteiger partial charge is 0.494 e. The van der Waals surface area contributed by atoms with Crippen LogP contribution in [0.2, 0.25) is 0 Å². The fourth-order valence-corrected chi connectivity index (χ4v) is 5.09. The number of thioether (sulfide) groups is 1. The summed E-state index contributed by atoms with van der Waals surface area (Å²) in [5.74, 6) is -3.28. The van der Waals surface area contributed by atoms with Crippen molar-refractivity contribution in [3.63, 3.8) is 0 Å². The predicted octanol–water partition coefficient (Wildman–Crippen LogP) is 6.98. The Morgan fingerprint density at radius 2 is 1.66 bits per heavy atom. The molecule has 0 radical (unpaired) electrons. The summed E-state index contributed by atoms with van der Waals surface area (Å²) in [4.78, 5) is 23.6. The van der Waals surface area contributed by atoms with Gasteiger partial charge in [0, 0.05) is 16.5 Å². The van der Waals surface area contributed by atoms with Crippen LogP contribution in [0.25, 0.3) is 23.1 Å². The van der Waals surface area contributed by atoms with E-state index in [2.05, 4.69) is 0 Å². The molecule has 7 nitrogen and oxygen atoms in total. The Bertz CT molecular complexity index is 1550. The van der Waals surface area contributed by atoms with Gasteiger partial charge in [-0.15, -0.1) is 11.8 Å². The minimum atomic E-state index is -0.993. The molecule has 1 heterocycles. The van der Waals surface area contributed by atoms with Gasteiger partial charge in [-0.1, -0.05) is 48.6 Å². The summed E-state index contributed by atoms with van der Waals surface area (Å²) in [6, 6.07) is 16.9. The predicted molar refractivity (Wildman–Crippen MR) is 154 cm³/mol. The smallest absolute Gasteiger partial charge is 0.323 e. The molecule has 1 unspecified atom stereocenters. The molecular formula is C31H29F2NO6S. The Kier molecular flexibility index (Phi) is 10.0. The van der Waals surface area contributed by atoms with E-state index < -0.39 is 28.8 Å². The SMILES string of the molecule is CC(Sc1cn(CC(=O)O)c2c(C=Cc3ccc(OCCCCOc4cccc(F)c4F)cc3)cccc12)C(=O)O. The van der Waals surface area contributed by atoms with Gasteiger partial charge in [0.25, 0.3) is 0 Å². The molecule has 214 valence electrons. The Balaban J connectivity index is 1.36. The van der Waals surface area contributed by atoms with Crippen LogP contribution < -0.4 is 9.47 Å². The summed E-state index contributed by atoms with van der Waals surface area (Å²) in [5.41, 5.74) is 2.43. The molecule has 0 aliphatic heterocycles. The van der Waals surface area contributed by atoms with Gasteiger partial charge in [0.1, 0.15) is 17.5 Å². The van der Waals surface area contributed by atoms with Crippen LogP contribution >= 0.6 is 11.8 Å². The second-order valence-corrected chi connectivity index (χ2v) is 10.6. The number of unbranched alkanes of at least 4 members (excludes halogenated alkanes) is 1. The zero-order valence-corrected chi connectivity index (χ0v) is 23.1. The first-order chi connectivity index (χ1) is 19.7. The number of nitrogens with zero attached hydrogens (tertiary/aromatic N) is 1. The molecule has 4 rings (SSSR count). The molecule has 1 aromatic heterocycles. The normalized spacial score (nSPS) is 12.1. The Morgan fingerprint density at radius 3 is 2.37 bits per heavy atom. The van der Waals surface area contributed by atoms with Gasteiger partial charge in [-0.2, -0.15) is 4.39 Å². The second-order valence-electron chi connectivity index (χ2n) is 9.22. The number of aliphatic carboxylic acids is 2. The number of para-hydroxylation sites is 1. The summed E-state index contributed by atoms with van der Waals surface area (Å²) >= 11 is 1.18. The number of hydrogen-bond donors (Lipinski definition) is 2. The van der Waals surface area contributed by atoms with Crippen molar-refractivity contribution in [2.24, 2.45) is 0 Å². The van der Waals surface area contributed by atoms with Gasteiger partial charge in [-0.25, -0.2) is 4.39 Å². The average Bonchev–Trinajstić information content (AvgIpc) is 3.28. The maximum absolute atomic E-state index is 13.6. The fraction of sp³-hybridized carbons (Fsp3) is 0.226. The number of carboxylic acids is 2. The van der Waals surface area contributed by atoms with Crippen molar-refractivity contribution >= 4 is 46.8 Å². The Labute approximate surface area is 240 Å². The van der Waals surface area contributed by atoms with E-state index in [1.807, 2.05) is 54.6 Å². The van der Waals surface area contributed by atoms with E-state index in [4.69, 9.17) is 9.47 Å². The highest BCUT2D eigenvalue weighted by Gasteiger charge is 2.19. The number of hydrogen-bond acceptors (Lipinski definition) is 5. The van der Waals surface area contributed by atoms with Crippen molar-refractivity contribution in [1.82, 2.24) is 4.57 Å². The minimum absolute atomic E-state index is 0.104. The van der Waals surface area contributed by atoms with Crippen LogP contribution in [0, 0.1) is 11.6 Å². The third-order valence-electron chi connectivity index (χ3n) is 6.17. The molecule has 0 saturated heterocycles. The van der Waals surface area contributed by atoms with Crippen LogP contribution in [0.1, 0.15) is 30.9 Å². The molecule has 0 spiro atoms. The number of ether oxygens (including phenoxy) is 2. The number of carboxylic acid groups (broad SMARTS) is 2. The van der Waals surface area contributed by atoms with Gasteiger partial charge in [0.15, 0.2) is 11.6 Å². The summed E-state index contributed by atoms with van der Waals surface area (Å²) in [6.45, 7) is 2.03. The third-order valence-corrected chi connectivity index (χ3v) is 7.30.